The van der Waals surface area contributed by atoms with Crippen LogP contribution in [-0.2, 0) is 34.3 Å². The minimum atomic E-state index is -1.08. The van der Waals surface area contributed by atoms with Crippen LogP contribution in [0.5, 0.6) is 0 Å². The van der Waals surface area contributed by atoms with E-state index >= 15 is 0 Å². The lowest BCUT2D eigenvalue weighted by molar-refractivity contribution is -0.143. The number of hydrogen-bond donors (Lipinski definition) is 1. The Hall–Kier alpha value is -3.87. The Balaban J connectivity index is 1.24. The number of halogens is 1. The van der Waals surface area contributed by atoms with E-state index < -0.39 is 17.5 Å². The van der Waals surface area contributed by atoms with E-state index in [1.165, 1.54) is 5.56 Å². The molecule has 2 amide bonds. The fourth-order valence-electron chi connectivity index (χ4n) is 6.18. The quantitative estimate of drug-likeness (QED) is 0.507. The van der Waals surface area contributed by atoms with Gasteiger partial charge in [0.2, 0.25) is 11.8 Å². The fourth-order valence-corrected chi connectivity index (χ4v) is 6.18. The number of fused-ring (bicyclic) bond motifs is 4. The Labute approximate surface area is 222 Å². The van der Waals surface area contributed by atoms with Crippen molar-refractivity contribution < 1.29 is 14.0 Å². The van der Waals surface area contributed by atoms with Crippen molar-refractivity contribution in [2.45, 2.75) is 51.0 Å². The lowest BCUT2D eigenvalue weighted by Crippen LogP contribution is -2.43. The van der Waals surface area contributed by atoms with Gasteiger partial charge in [-0.05, 0) is 67.5 Å². The molecule has 0 fully saturated rings. The number of nitrogens with zero attached hydrogens (tertiary/aromatic N) is 3. The van der Waals surface area contributed by atoms with Gasteiger partial charge in [0.1, 0.15) is 12.5 Å². The van der Waals surface area contributed by atoms with Crippen molar-refractivity contribution in [3.63, 3.8) is 0 Å². The van der Waals surface area contributed by atoms with E-state index in [1.54, 1.807) is 20.0 Å². The summed E-state index contributed by atoms with van der Waals surface area (Å²) in [6, 6.07) is 14.1. The zero-order valence-corrected chi connectivity index (χ0v) is 21.7. The number of aryl methyl sites for hydroxylation is 1. The Morgan fingerprint density at radius 1 is 1.18 bits per heavy atom. The molecule has 7 heteroatoms. The molecule has 0 saturated carbocycles. The Morgan fingerprint density at radius 2 is 2.03 bits per heavy atom. The lowest BCUT2D eigenvalue weighted by atomic mass is 9.80. The van der Waals surface area contributed by atoms with Crippen LogP contribution in [0.15, 0.2) is 60.9 Å². The number of carbonyl (C=O) groups is 2. The van der Waals surface area contributed by atoms with E-state index in [2.05, 4.69) is 28.5 Å². The normalized spacial score (nSPS) is 21.4. The maximum Gasteiger partial charge on any atom is 0.237 e. The minimum absolute atomic E-state index is 0.0252. The van der Waals surface area contributed by atoms with Gasteiger partial charge in [0.25, 0.3) is 0 Å². The summed E-state index contributed by atoms with van der Waals surface area (Å²) in [5, 5.41) is 2.93. The Bertz CT molecular complexity index is 1470. The van der Waals surface area contributed by atoms with Crippen molar-refractivity contribution in [1.82, 2.24) is 14.9 Å². The molecule has 2 atom stereocenters. The zero-order chi connectivity index (χ0) is 26.5. The third-order valence-corrected chi connectivity index (χ3v) is 8.30. The molecule has 0 bridgehead atoms. The van der Waals surface area contributed by atoms with Crippen LogP contribution in [0.1, 0.15) is 59.8 Å². The van der Waals surface area contributed by atoms with E-state index in [9.17, 15) is 14.0 Å². The second-order valence-corrected chi connectivity index (χ2v) is 11.3. The van der Waals surface area contributed by atoms with E-state index in [0.29, 0.717) is 25.2 Å². The van der Waals surface area contributed by atoms with Crippen LogP contribution >= 0.6 is 0 Å². The minimum Gasteiger partial charge on any atom is -0.331 e. The van der Waals surface area contributed by atoms with Crippen molar-refractivity contribution in [2.24, 2.45) is 5.41 Å². The summed E-state index contributed by atoms with van der Waals surface area (Å²) >= 11 is 0. The first kappa shape index (κ1) is 24.5. The van der Waals surface area contributed by atoms with Crippen molar-refractivity contribution >= 4 is 23.7 Å². The molecule has 194 valence electrons. The van der Waals surface area contributed by atoms with Gasteiger partial charge in [-0.2, -0.15) is 0 Å². The molecule has 2 aliphatic carbocycles. The number of alkyl halides is 1. The maximum atomic E-state index is 13.8. The molecule has 2 aromatic heterocycles. The second kappa shape index (κ2) is 9.15. The standard InChI is InChI=1S/C31H31FN4O2/c1-30(2,19-32)29(38)36(26-12-11-21-8-3-4-9-23(21)26)14-6-7-20-15-22-16-31(17-25(22)34-18-20)24-10-5-13-33-27(24)35-28(31)37/h3-10,13,15,18,26H,11-12,14,16-17,19H2,1-2H3,(H,33,35,37). The van der Waals surface area contributed by atoms with Crippen LogP contribution in [0, 0.1) is 5.41 Å². The number of anilines is 1. The molecule has 1 spiro atoms. The summed E-state index contributed by atoms with van der Waals surface area (Å²) in [6.45, 7) is 3.01. The van der Waals surface area contributed by atoms with Gasteiger partial charge in [0.15, 0.2) is 0 Å². The summed E-state index contributed by atoms with van der Waals surface area (Å²) in [6.07, 6.45) is 10.3. The van der Waals surface area contributed by atoms with Gasteiger partial charge in [-0.25, -0.2) is 9.37 Å². The number of hydrogen-bond acceptors (Lipinski definition) is 4. The van der Waals surface area contributed by atoms with Gasteiger partial charge in [-0.3, -0.25) is 14.6 Å². The van der Waals surface area contributed by atoms with E-state index in [0.717, 1.165) is 40.8 Å². The molecule has 3 heterocycles. The summed E-state index contributed by atoms with van der Waals surface area (Å²) in [7, 11) is 0. The Morgan fingerprint density at radius 3 is 2.87 bits per heavy atom. The molecule has 2 unspecified atom stereocenters. The number of aromatic nitrogens is 2. The topological polar surface area (TPSA) is 75.2 Å². The van der Waals surface area contributed by atoms with Crippen molar-refractivity contribution in [2.75, 3.05) is 18.5 Å². The first-order valence-corrected chi connectivity index (χ1v) is 13.2. The monoisotopic (exact) mass is 510 g/mol. The average molecular weight is 511 g/mol. The highest BCUT2D eigenvalue weighted by Crippen LogP contribution is 2.46. The van der Waals surface area contributed by atoms with Crippen LogP contribution < -0.4 is 5.32 Å². The molecule has 3 aromatic rings. The first-order chi connectivity index (χ1) is 18.3. The highest BCUT2D eigenvalue weighted by Gasteiger charge is 2.51. The third kappa shape index (κ3) is 3.92. The van der Waals surface area contributed by atoms with Gasteiger partial charge < -0.3 is 10.2 Å². The van der Waals surface area contributed by atoms with Crippen LogP contribution in [0.4, 0.5) is 10.2 Å². The SMILES string of the molecule is CC(C)(CF)C(=O)N(CC=Cc1cnc2c(c1)CC1(C2)C(=O)Nc2ncccc21)C1CCc2ccccc21. The Kier molecular flexibility index (Phi) is 5.89. The number of nitrogens with one attached hydrogen (secondary N) is 1. The van der Waals surface area contributed by atoms with E-state index in [1.807, 2.05) is 47.5 Å². The van der Waals surface area contributed by atoms with Gasteiger partial charge in [-0.1, -0.05) is 42.5 Å². The summed E-state index contributed by atoms with van der Waals surface area (Å²) < 4.78 is 13.8. The van der Waals surface area contributed by atoms with Crippen LogP contribution in [-0.4, -0.2) is 39.9 Å². The molecule has 1 aliphatic heterocycles. The highest BCUT2D eigenvalue weighted by atomic mass is 19.1. The predicted molar refractivity (Wildman–Crippen MR) is 144 cm³/mol. The summed E-state index contributed by atoms with van der Waals surface area (Å²) in [5.41, 5.74) is 4.49. The van der Waals surface area contributed by atoms with Crippen molar-refractivity contribution in [3.8, 4) is 0 Å². The second-order valence-electron chi connectivity index (χ2n) is 11.3. The number of amides is 2. The molecule has 38 heavy (non-hydrogen) atoms. The molecule has 3 aliphatic rings. The van der Waals surface area contributed by atoms with Crippen molar-refractivity contribution in [3.05, 3.63) is 94.4 Å². The number of rotatable bonds is 6. The van der Waals surface area contributed by atoms with E-state index in [4.69, 9.17) is 4.98 Å². The van der Waals surface area contributed by atoms with Crippen LogP contribution in [0.2, 0.25) is 0 Å². The lowest BCUT2D eigenvalue weighted by Gasteiger charge is -2.34. The highest BCUT2D eigenvalue weighted by molar-refractivity contribution is 6.06. The molecular formula is C31H31FN4O2. The number of carbonyl (C=O) groups excluding carboxylic acids is 2. The maximum absolute atomic E-state index is 13.8. The van der Waals surface area contributed by atoms with Gasteiger partial charge in [0, 0.05) is 36.6 Å². The smallest absolute Gasteiger partial charge is 0.237 e. The molecule has 1 N–H and O–H groups in total. The van der Waals surface area contributed by atoms with Gasteiger partial charge in [0.05, 0.1) is 16.9 Å². The van der Waals surface area contributed by atoms with Crippen LogP contribution in [0.3, 0.4) is 0 Å². The third-order valence-electron chi connectivity index (χ3n) is 8.30. The van der Waals surface area contributed by atoms with Crippen LogP contribution in [0.25, 0.3) is 6.08 Å². The summed E-state index contributed by atoms with van der Waals surface area (Å²) in [4.78, 5) is 37.3. The average Bonchev–Trinajstić information content (AvgIpc) is 3.60. The molecule has 1 aromatic carbocycles. The summed E-state index contributed by atoms with van der Waals surface area (Å²) in [5.74, 6) is 0.433. The molecule has 0 saturated heterocycles. The molecule has 6 nitrogen and oxygen atoms in total. The van der Waals surface area contributed by atoms with Gasteiger partial charge >= 0.3 is 0 Å². The number of pyridine rings is 2. The number of benzene rings is 1. The largest absolute Gasteiger partial charge is 0.331 e. The van der Waals surface area contributed by atoms with Crippen molar-refractivity contribution in [1.29, 1.82) is 0 Å². The predicted octanol–water partition coefficient (Wildman–Crippen LogP) is 4.99. The zero-order valence-electron chi connectivity index (χ0n) is 21.7. The van der Waals surface area contributed by atoms with E-state index in [-0.39, 0.29) is 17.9 Å². The molecule has 6 rings (SSSR count). The first-order valence-electron chi connectivity index (χ1n) is 13.2. The fraction of sp³-hybridized carbons (Fsp3) is 0.355. The molecule has 0 radical (unpaired) electrons. The van der Waals surface area contributed by atoms with Gasteiger partial charge in [-0.15, -0.1) is 0 Å². The molecular weight excluding hydrogens is 479 g/mol.